The zero-order valence-electron chi connectivity index (χ0n) is 10.7. The fraction of sp³-hybridized carbons (Fsp3) is 0.0714. The summed E-state index contributed by atoms with van der Waals surface area (Å²) in [6, 6.07) is 8.36. The van der Waals surface area contributed by atoms with Gasteiger partial charge in [0.15, 0.2) is 18.2 Å². The number of nitrogens with two attached hydrogens (primary N) is 1. The number of hydrogen-bond acceptors (Lipinski definition) is 3. The van der Waals surface area contributed by atoms with Crippen molar-refractivity contribution in [2.75, 3.05) is 17.7 Å². The van der Waals surface area contributed by atoms with Gasteiger partial charge in [0.25, 0.3) is 5.91 Å². The summed E-state index contributed by atoms with van der Waals surface area (Å²) in [5.74, 6) is -2.99. The minimum atomic E-state index is -1.13. The normalized spacial score (nSPS) is 10.2. The smallest absolute Gasteiger partial charge is 0.262 e. The van der Waals surface area contributed by atoms with Crippen LogP contribution < -0.4 is 15.8 Å². The van der Waals surface area contributed by atoms with Gasteiger partial charge in [0.1, 0.15) is 0 Å². The van der Waals surface area contributed by atoms with E-state index in [1.165, 1.54) is 12.1 Å². The maximum Gasteiger partial charge on any atom is 0.262 e. The molecule has 2 rings (SSSR count). The summed E-state index contributed by atoms with van der Waals surface area (Å²) in [7, 11) is 0. The van der Waals surface area contributed by atoms with E-state index in [0.717, 1.165) is 6.07 Å². The summed E-state index contributed by atoms with van der Waals surface area (Å²) >= 11 is 3.25. The number of amides is 1. The topological polar surface area (TPSA) is 64.3 Å². The van der Waals surface area contributed by atoms with Crippen LogP contribution >= 0.6 is 15.9 Å². The number of ether oxygens (including phenoxy) is 1. The van der Waals surface area contributed by atoms with Crippen LogP contribution in [0, 0.1) is 11.6 Å². The fourth-order valence-corrected chi connectivity index (χ4v) is 2.05. The summed E-state index contributed by atoms with van der Waals surface area (Å²) in [5, 5.41) is 2.56. The van der Waals surface area contributed by atoms with Gasteiger partial charge in [0, 0.05) is 10.2 Å². The summed E-state index contributed by atoms with van der Waals surface area (Å²) in [6.07, 6.45) is 0. The first kappa shape index (κ1) is 15.2. The van der Waals surface area contributed by atoms with E-state index in [4.69, 9.17) is 10.5 Å². The molecule has 0 saturated carbocycles. The van der Waals surface area contributed by atoms with E-state index in [1.54, 1.807) is 18.2 Å². The predicted octanol–water partition coefficient (Wildman–Crippen LogP) is 3.33. The van der Waals surface area contributed by atoms with Gasteiger partial charge in [-0.2, -0.15) is 4.39 Å². The highest BCUT2D eigenvalue weighted by atomic mass is 79.9. The molecular formula is C14H11BrF2N2O2. The van der Waals surface area contributed by atoms with Crippen LogP contribution in [0.5, 0.6) is 5.75 Å². The lowest BCUT2D eigenvalue weighted by Gasteiger charge is -2.10. The molecule has 0 unspecified atom stereocenters. The Kier molecular flexibility index (Phi) is 4.74. The van der Waals surface area contributed by atoms with Crippen LogP contribution in [0.2, 0.25) is 0 Å². The Morgan fingerprint density at radius 1 is 1.29 bits per heavy atom. The lowest BCUT2D eigenvalue weighted by molar-refractivity contribution is -0.118. The Bertz CT molecular complexity index is 680. The molecule has 0 saturated heterocycles. The van der Waals surface area contributed by atoms with E-state index >= 15 is 0 Å². The maximum atomic E-state index is 13.3. The molecule has 0 bridgehead atoms. The van der Waals surface area contributed by atoms with Gasteiger partial charge in [0.05, 0.1) is 5.69 Å². The third-order valence-electron chi connectivity index (χ3n) is 2.54. The third-order valence-corrected chi connectivity index (χ3v) is 3.20. The quantitative estimate of drug-likeness (QED) is 0.825. The monoisotopic (exact) mass is 356 g/mol. The molecule has 0 radical (unpaired) electrons. The van der Waals surface area contributed by atoms with Crippen molar-refractivity contribution in [3.8, 4) is 5.75 Å². The van der Waals surface area contributed by atoms with E-state index in [1.807, 2.05) is 0 Å². The molecule has 0 spiro atoms. The molecule has 7 heteroatoms. The standard InChI is InChI=1S/C14H11BrF2N2O2/c15-9-6-8(18)4-5-11(9)19-13(20)7-21-12-3-1-2-10(16)14(12)17/h1-6H,7,18H2,(H,19,20). The first-order valence-electron chi connectivity index (χ1n) is 5.89. The molecule has 0 aliphatic carbocycles. The van der Waals surface area contributed by atoms with Gasteiger partial charge in [-0.3, -0.25) is 4.79 Å². The molecule has 2 aromatic rings. The Labute approximate surface area is 128 Å². The Morgan fingerprint density at radius 3 is 2.76 bits per heavy atom. The van der Waals surface area contributed by atoms with Gasteiger partial charge in [0.2, 0.25) is 5.82 Å². The van der Waals surface area contributed by atoms with Crippen molar-refractivity contribution in [3.63, 3.8) is 0 Å². The molecule has 110 valence electrons. The van der Waals surface area contributed by atoms with Crippen LogP contribution in [0.1, 0.15) is 0 Å². The van der Waals surface area contributed by atoms with Gasteiger partial charge in [-0.1, -0.05) is 6.07 Å². The van der Waals surface area contributed by atoms with Crippen LogP contribution in [0.3, 0.4) is 0 Å². The van der Waals surface area contributed by atoms with Crippen molar-refractivity contribution in [1.29, 1.82) is 0 Å². The van der Waals surface area contributed by atoms with E-state index in [0.29, 0.717) is 15.8 Å². The minimum Gasteiger partial charge on any atom is -0.481 e. The van der Waals surface area contributed by atoms with E-state index in [-0.39, 0.29) is 5.75 Å². The van der Waals surface area contributed by atoms with Crippen molar-refractivity contribution in [3.05, 3.63) is 52.5 Å². The van der Waals surface area contributed by atoms with E-state index in [9.17, 15) is 13.6 Å². The summed E-state index contributed by atoms with van der Waals surface area (Å²) in [4.78, 5) is 11.7. The lowest BCUT2D eigenvalue weighted by atomic mass is 10.3. The molecule has 0 fully saturated rings. The molecule has 3 N–H and O–H groups in total. The summed E-state index contributed by atoms with van der Waals surface area (Å²) in [6.45, 7) is -0.447. The number of nitrogen functional groups attached to an aromatic ring is 1. The number of benzene rings is 2. The van der Waals surface area contributed by atoms with Crippen LogP contribution in [-0.2, 0) is 4.79 Å². The van der Waals surface area contributed by atoms with Gasteiger partial charge >= 0.3 is 0 Å². The highest BCUT2D eigenvalue weighted by Gasteiger charge is 2.11. The number of halogens is 3. The lowest BCUT2D eigenvalue weighted by Crippen LogP contribution is -2.20. The number of rotatable bonds is 4. The molecule has 2 aromatic carbocycles. The zero-order valence-corrected chi connectivity index (χ0v) is 12.3. The highest BCUT2D eigenvalue weighted by molar-refractivity contribution is 9.10. The van der Waals surface area contributed by atoms with E-state index < -0.39 is 24.1 Å². The van der Waals surface area contributed by atoms with Crippen LogP contribution in [0.25, 0.3) is 0 Å². The molecule has 0 atom stereocenters. The largest absolute Gasteiger partial charge is 0.481 e. The summed E-state index contributed by atoms with van der Waals surface area (Å²) < 4.78 is 31.9. The first-order chi connectivity index (χ1) is 9.97. The van der Waals surface area contributed by atoms with Crippen molar-refractivity contribution < 1.29 is 18.3 Å². The Hall–Kier alpha value is -2.15. The second-order valence-electron chi connectivity index (χ2n) is 4.13. The zero-order chi connectivity index (χ0) is 15.4. The average Bonchev–Trinajstić information content (AvgIpc) is 2.43. The number of anilines is 2. The molecule has 4 nitrogen and oxygen atoms in total. The molecule has 0 aliphatic rings. The van der Waals surface area contributed by atoms with Crippen molar-refractivity contribution in [1.82, 2.24) is 0 Å². The fourth-order valence-electron chi connectivity index (χ4n) is 1.56. The SMILES string of the molecule is Nc1ccc(NC(=O)COc2cccc(F)c2F)c(Br)c1. The summed E-state index contributed by atoms with van der Waals surface area (Å²) in [5.41, 5.74) is 6.62. The highest BCUT2D eigenvalue weighted by Crippen LogP contribution is 2.24. The first-order valence-corrected chi connectivity index (χ1v) is 6.68. The second-order valence-corrected chi connectivity index (χ2v) is 4.98. The van der Waals surface area contributed by atoms with Gasteiger partial charge in [-0.25, -0.2) is 4.39 Å². The minimum absolute atomic E-state index is 0.318. The van der Waals surface area contributed by atoms with Crippen LogP contribution in [0.15, 0.2) is 40.9 Å². The molecular weight excluding hydrogens is 346 g/mol. The van der Waals surface area contributed by atoms with Crippen LogP contribution in [0.4, 0.5) is 20.2 Å². The number of hydrogen-bond donors (Lipinski definition) is 2. The molecule has 1 amide bonds. The van der Waals surface area contributed by atoms with Crippen molar-refractivity contribution in [2.45, 2.75) is 0 Å². The van der Waals surface area contributed by atoms with Gasteiger partial charge in [-0.05, 0) is 46.3 Å². The van der Waals surface area contributed by atoms with E-state index in [2.05, 4.69) is 21.2 Å². The van der Waals surface area contributed by atoms with Gasteiger partial charge < -0.3 is 15.8 Å². The van der Waals surface area contributed by atoms with Crippen LogP contribution in [-0.4, -0.2) is 12.5 Å². The number of carbonyl (C=O) groups is 1. The second kappa shape index (κ2) is 6.53. The Morgan fingerprint density at radius 2 is 2.05 bits per heavy atom. The number of nitrogens with one attached hydrogen (secondary N) is 1. The Balaban J connectivity index is 1.97. The van der Waals surface area contributed by atoms with Crippen molar-refractivity contribution in [2.24, 2.45) is 0 Å². The molecule has 0 aliphatic heterocycles. The predicted molar refractivity (Wildman–Crippen MR) is 79.0 cm³/mol. The molecule has 0 heterocycles. The maximum absolute atomic E-state index is 13.3. The molecule has 0 aromatic heterocycles. The number of carbonyl (C=O) groups excluding carboxylic acids is 1. The third kappa shape index (κ3) is 3.91. The molecule has 21 heavy (non-hydrogen) atoms. The van der Waals surface area contributed by atoms with Crippen molar-refractivity contribution >= 4 is 33.2 Å². The average molecular weight is 357 g/mol. The van der Waals surface area contributed by atoms with Gasteiger partial charge in [-0.15, -0.1) is 0 Å².